The van der Waals surface area contributed by atoms with Crippen LogP contribution in [0.1, 0.15) is 38.2 Å². The van der Waals surface area contributed by atoms with Crippen molar-refractivity contribution in [3.63, 3.8) is 0 Å². The molecule has 2 atom stereocenters. The summed E-state index contributed by atoms with van der Waals surface area (Å²) in [5.41, 5.74) is 2.89. The summed E-state index contributed by atoms with van der Waals surface area (Å²) in [6.45, 7) is 9.73. The average molecular weight is 258 g/mol. The highest BCUT2D eigenvalue weighted by molar-refractivity contribution is 5.54. The Balaban J connectivity index is 1.66. The Morgan fingerprint density at radius 1 is 1.26 bits per heavy atom. The lowest BCUT2D eigenvalue weighted by Crippen LogP contribution is -2.30. The standard InChI is InChI=1S/C17H26N2/c1-13(2)14-8-10-19(11-14)12-15-7-9-18-17-6-4-3-5-16(15)17/h3-6,13-15,18H,7-12H2,1-2H3. The molecular formula is C17H26N2. The third kappa shape index (κ3) is 2.79. The molecule has 1 aromatic rings. The van der Waals surface area contributed by atoms with Gasteiger partial charge in [0.05, 0.1) is 0 Å². The molecule has 2 unspecified atom stereocenters. The quantitative estimate of drug-likeness (QED) is 0.891. The van der Waals surface area contributed by atoms with Crippen molar-refractivity contribution in [1.82, 2.24) is 4.90 Å². The molecule has 0 amide bonds. The van der Waals surface area contributed by atoms with E-state index in [9.17, 15) is 0 Å². The maximum Gasteiger partial charge on any atom is 0.0376 e. The summed E-state index contributed by atoms with van der Waals surface area (Å²) >= 11 is 0. The molecule has 2 aliphatic rings. The average Bonchev–Trinajstić information content (AvgIpc) is 2.88. The number of benzene rings is 1. The van der Waals surface area contributed by atoms with E-state index in [1.54, 1.807) is 0 Å². The highest BCUT2D eigenvalue weighted by atomic mass is 15.1. The van der Waals surface area contributed by atoms with Gasteiger partial charge in [0.2, 0.25) is 0 Å². The molecule has 1 saturated heterocycles. The van der Waals surface area contributed by atoms with Crippen LogP contribution in [-0.2, 0) is 0 Å². The third-order valence-corrected chi connectivity index (χ3v) is 4.94. The fraction of sp³-hybridized carbons (Fsp3) is 0.647. The van der Waals surface area contributed by atoms with Gasteiger partial charge in [-0.25, -0.2) is 0 Å². The fourth-order valence-corrected chi connectivity index (χ4v) is 3.62. The van der Waals surface area contributed by atoms with E-state index in [-0.39, 0.29) is 0 Å². The van der Waals surface area contributed by atoms with Crippen LogP contribution in [0.5, 0.6) is 0 Å². The smallest absolute Gasteiger partial charge is 0.0376 e. The predicted octanol–water partition coefficient (Wildman–Crippen LogP) is 3.56. The highest BCUT2D eigenvalue weighted by Crippen LogP contribution is 2.33. The van der Waals surface area contributed by atoms with E-state index in [2.05, 4.69) is 48.3 Å². The van der Waals surface area contributed by atoms with Crippen LogP contribution in [0.2, 0.25) is 0 Å². The minimum absolute atomic E-state index is 0.725. The largest absolute Gasteiger partial charge is 0.385 e. The molecule has 1 fully saturated rings. The summed E-state index contributed by atoms with van der Waals surface area (Å²) in [6.07, 6.45) is 2.67. The maximum absolute atomic E-state index is 3.53. The molecule has 2 aliphatic heterocycles. The summed E-state index contributed by atoms with van der Waals surface area (Å²) in [4.78, 5) is 2.69. The molecule has 0 bridgehead atoms. The van der Waals surface area contributed by atoms with Gasteiger partial charge < -0.3 is 10.2 Å². The maximum atomic E-state index is 3.53. The number of anilines is 1. The Morgan fingerprint density at radius 3 is 2.89 bits per heavy atom. The zero-order chi connectivity index (χ0) is 13.2. The lowest BCUT2D eigenvalue weighted by molar-refractivity contribution is 0.281. The van der Waals surface area contributed by atoms with E-state index in [1.165, 1.54) is 43.7 Å². The van der Waals surface area contributed by atoms with Gasteiger partial charge in [-0.05, 0) is 42.9 Å². The number of nitrogens with zero attached hydrogens (tertiary/aromatic N) is 1. The molecule has 0 aromatic heterocycles. The van der Waals surface area contributed by atoms with Crippen molar-refractivity contribution < 1.29 is 0 Å². The monoisotopic (exact) mass is 258 g/mol. The zero-order valence-electron chi connectivity index (χ0n) is 12.2. The Hall–Kier alpha value is -1.02. The number of fused-ring (bicyclic) bond motifs is 1. The van der Waals surface area contributed by atoms with Crippen molar-refractivity contribution in [1.29, 1.82) is 0 Å². The van der Waals surface area contributed by atoms with E-state index in [1.807, 2.05) is 0 Å². The van der Waals surface area contributed by atoms with Crippen LogP contribution in [0, 0.1) is 11.8 Å². The molecular weight excluding hydrogens is 232 g/mol. The highest BCUT2D eigenvalue weighted by Gasteiger charge is 2.28. The molecule has 2 heteroatoms. The third-order valence-electron chi connectivity index (χ3n) is 4.94. The van der Waals surface area contributed by atoms with Crippen LogP contribution in [0.15, 0.2) is 24.3 Å². The molecule has 0 saturated carbocycles. The predicted molar refractivity (Wildman–Crippen MR) is 81.7 cm³/mol. The van der Waals surface area contributed by atoms with Crippen LogP contribution in [0.3, 0.4) is 0 Å². The second-order valence-corrected chi connectivity index (χ2v) is 6.55. The van der Waals surface area contributed by atoms with E-state index >= 15 is 0 Å². The van der Waals surface area contributed by atoms with Crippen LogP contribution < -0.4 is 5.32 Å². The molecule has 0 aliphatic carbocycles. The minimum Gasteiger partial charge on any atom is -0.385 e. The van der Waals surface area contributed by atoms with Crippen molar-refractivity contribution >= 4 is 5.69 Å². The summed E-state index contributed by atoms with van der Waals surface area (Å²) < 4.78 is 0. The summed E-state index contributed by atoms with van der Waals surface area (Å²) in [5.74, 6) is 2.48. The second kappa shape index (κ2) is 5.54. The normalized spacial score (nSPS) is 27.3. The van der Waals surface area contributed by atoms with Crippen molar-refractivity contribution in [2.45, 2.75) is 32.6 Å². The molecule has 1 aromatic carbocycles. The number of hydrogen-bond acceptors (Lipinski definition) is 2. The molecule has 0 radical (unpaired) electrons. The first-order valence-electron chi connectivity index (χ1n) is 7.79. The zero-order valence-corrected chi connectivity index (χ0v) is 12.2. The lowest BCUT2D eigenvalue weighted by atomic mass is 9.90. The Labute approximate surface area is 117 Å². The molecule has 104 valence electrons. The van der Waals surface area contributed by atoms with Gasteiger partial charge in [-0.1, -0.05) is 32.0 Å². The topological polar surface area (TPSA) is 15.3 Å². The summed E-state index contributed by atoms with van der Waals surface area (Å²) in [5, 5.41) is 3.53. The Kier molecular flexibility index (Phi) is 3.79. The molecule has 2 heterocycles. The summed E-state index contributed by atoms with van der Waals surface area (Å²) in [6, 6.07) is 8.85. The van der Waals surface area contributed by atoms with Gasteiger partial charge in [-0.3, -0.25) is 0 Å². The number of likely N-dealkylation sites (tertiary alicyclic amines) is 1. The molecule has 2 nitrogen and oxygen atoms in total. The fourth-order valence-electron chi connectivity index (χ4n) is 3.62. The van der Waals surface area contributed by atoms with Crippen LogP contribution >= 0.6 is 0 Å². The Morgan fingerprint density at radius 2 is 2.11 bits per heavy atom. The van der Waals surface area contributed by atoms with E-state index in [0.717, 1.165) is 24.3 Å². The van der Waals surface area contributed by atoms with Gasteiger partial charge in [0.25, 0.3) is 0 Å². The molecule has 1 N–H and O–H groups in total. The second-order valence-electron chi connectivity index (χ2n) is 6.55. The van der Waals surface area contributed by atoms with Gasteiger partial charge >= 0.3 is 0 Å². The van der Waals surface area contributed by atoms with Crippen molar-refractivity contribution in [3.05, 3.63) is 29.8 Å². The Bertz CT molecular complexity index is 427. The van der Waals surface area contributed by atoms with Crippen LogP contribution in [0.25, 0.3) is 0 Å². The van der Waals surface area contributed by atoms with E-state index < -0.39 is 0 Å². The van der Waals surface area contributed by atoms with E-state index in [4.69, 9.17) is 0 Å². The number of hydrogen-bond donors (Lipinski definition) is 1. The van der Waals surface area contributed by atoms with Gasteiger partial charge in [0, 0.05) is 31.2 Å². The molecule has 0 spiro atoms. The molecule has 3 rings (SSSR count). The SMILES string of the molecule is CC(C)C1CCN(CC2CCNc3ccccc32)C1. The van der Waals surface area contributed by atoms with Gasteiger partial charge in [-0.15, -0.1) is 0 Å². The van der Waals surface area contributed by atoms with Crippen molar-refractivity contribution in [2.75, 3.05) is 31.5 Å². The first-order valence-corrected chi connectivity index (χ1v) is 7.79. The first-order chi connectivity index (χ1) is 9.24. The van der Waals surface area contributed by atoms with Crippen LogP contribution in [-0.4, -0.2) is 31.1 Å². The lowest BCUT2D eigenvalue weighted by Gasteiger charge is -2.30. The number of nitrogens with one attached hydrogen (secondary N) is 1. The minimum atomic E-state index is 0.725. The summed E-state index contributed by atoms with van der Waals surface area (Å²) in [7, 11) is 0. The van der Waals surface area contributed by atoms with Crippen molar-refractivity contribution in [2.24, 2.45) is 11.8 Å². The van der Waals surface area contributed by atoms with Gasteiger partial charge in [0.1, 0.15) is 0 Å². The number of para-hydroxylation sites is 1. The van der Waals surface area contributed by atoms with Crippen LogP contribution in [0.4, 0.5) is 5.69 Å². The first kappa shape index (κ1) is 13.0. The molecule has 19 heavy (non-hydrogen) atoms. The van der Waals surface area contributed by atoms with E-state index in [0.29, 0.717) is 0 Å². The van der Waals surface area contributed by atoms with Gasteiger partial charge in [0.15, 0.2) is 0 Å². The van der Waals surface area contributed by atoms with Gasteiger partial charge in [-0.2, -0.15) is 0 Å². The number of rotatable bonds is 3. The van der Waals surface area contributed by atoms with Crippen molar-refractivity contribution in [3.8, 4) is 0 Å².